The second-order valence-electron chi connectivity index (χ2n) is 4.25. The van der Waals surface area contributed by atoms with Crippen LogP contribution >= 0.6 is 23.2 Å². The van der Waals surface area contributed by atoms with Gasteiger partial charge in [0.15, 0.2) is 5.69 Å². The van der Waals surface area contributed by atoms with E-state index in [1.165, 1.54) is 10.5 Å². The Labute approximate surface area is 121 Å². The van der Waals surface area contributed by atoms with Gasteiger partial charge < -0.3 is 10.1 Å². The van der Waals surface area contributed by atoms with Crippen LogP contribution in [-0.4, -0.2) is 25.4 Å². The molecule has 0 saturated heterocycles. The maximum absolute atomic E-state index is 12.0. The van der Waals surface area contributed by atoms with Crippen LogP contribution in [0.5, 0.6) is 0 Å². The van der Waals surface area contributed by atoms with Crippen molar-refractivity contribution in [1.29, 1.82) is 0 Å². The van der Waals surface area contributed by atoms with E-state index in [0.717, 1.165) is 0 Å². The monoisotopic (exact) mass is 311 g/mol. The van der Waals surface area contributed by atoms with Gasteiger partial charge in [-0.3, -0.25) is 9.20 Å². The fraction of sp³-hybridized carbons (Fsp3) is 0.0833. The summed E-state index contributed by atoms with van der Waals surface area (Å²) in [5, 5.41) is 9.69. The van der Waals surface area contributed by atoms with Crippen LogP contribution in [0.25, 0.3) is 16.7 Å². The van der Waals surface area contributed by atoms with Crippen molar-refractivity contribution in [2.24, 2.45) is 0 Å². The van der Waals surface area contributed by atoms with Crippen molar-refractivity contribution in [2.45, 2.75) is 6.92 Å². The van der Waals surface area contributed by atoms with Crippen molar-refractivity contribution in [3.63, 3.8) is 0 Å². The summed E-state index contributed by atoms with van der Waals surface area (Å²) in [5.74, 6) is -1.20. The van der Waals surface area contributed by atoms with Crippen molar-refractivity contribution in [3.8, 4) is 0 Å². The molecule has 0 atom stereocenters. The molecule has 8 heteroatoms. The van der Waals surface area contributed by atoms with Crippen LogP contribution < -0.4 is 5.56 Å². The Morgan fingerprint density at radius 1 is 1.35 bits per heavy atom. The Morgan fingerprint density at radius 3 is 2.65 bits per heavy atom. The van der Waals surface area contributed by atoms with Crippen LogP contribution in [-0.2, 0) is 0 Å². The molecule has 1 aromatic carbocycles. The number of halogens is 2. The molecule has 2 N–H and O–H groups in total. The topological polar surface area (TPSA) is 87.5 Å². The first kappa shape index (κ1) is 13.0. The number of nitrogens with zero attached hydrogens (tertiary/aromatic N) is 2. The van der Waals surface area contributed by atoms with E-state index in [-0.39, 0.29) is 11.3 Å². The van der Waals surface area contributed by atoms with E-state index in [9.17, 15) is 9.59 Å². The number of hydrogen-bond donors (Lipinski definition) is 2. The van der Waals surface area contributed by atoms with Gasteiger partial charge in [0.2, 0.25) is 5.65 Å². The summed E-state index contributed by atoms with van der Waals surface area (Å²) in [6.45, 7) is 1.57. The summed E-state index contributed by atoms with van der Waals surface area (Å²) in [4.78, 5) is 29.6. The van der Waals surface area contributed by atoms with Gasteiger partial charge in [-0.2, -0.15) is 0 Å². The average Bonchev–Trinajstić information content (AvgIpc) is 2.71. The predicted octanol–water partition coefficient (Wildman–Crippen LogP) is 2.49. The number of aromatic nitrogens is 3. The molecule has 0 spiro atoms. The molecule has 3 aromatic rings. The SMILES string of the molecule is Cc1c(C(=O)O)nc2c(=O)[nH]c3cc(Cl)c(Cl)cc3n12. The molecule has 0 fully saturated rings. The molecular weight excluding hydrogens is 305 g/mol. The van der Waals surface area contributed by atoms with Crippen molar-refractivity contribution in [2.75, 3.05) is 0 Å². The van der Waals surface area contributed by atoms with Crippen LogP contribution in [0, 0.1) is 6.92 Å². The van der Waals surface area contributed by atoms with Gasteiger partial charge in [-0.05, 0) is 19.1 Å². The molecule has 2 aromatic heterocycles. The standard InChI is InChI=1S/C12H7Cl2N3O3/c1-4-9(12(19)20)16-10-11(18)15-7-2-5(13)6(14)3-8(7)17(4)10/h2-3H,1H3,(H,15,18)(H,19,20). The summed E-state index contributed by atoms with van der Waals surface area (Å²) in [7, 11) is 0. The van der Waals surface area contributed by atoms with E-state index in [1.807, 2.05) is 0 Å². The van der Waals surface area contributed by atoms with Crippen molar-refractivity contribution in [1.82, 2.24) is 14.4 Å². The maximum Gasteiger partial charge on any atom is 0.356 e. The minimum absolute atomic E-state index is 0.00536. The molecule has 0 aliphatic carbocycles. The molecule has 0 bridgehead atoms. The highest BCUT2D eigenvalue weighted by molar-refractivity contribution is 6.42. The zero-order valence-corrected chi connectivity index (χ0v) is 11.6. The third kappa shape index (κ3) is 1.69. The van der Waals surface area contributed by atoms with Gasteiger partial charge in [-0.15, -0.1) is 0 Å². The number of carbonyl (C=O) groups is 1. The van der Waals surface area contributed by atoms with E-state index in [4.69, 9.17) is 28.3 Å². The third-order valence-electron chi connectivity index (χ3n) is 3.04. The molecule has 0 amide bonds. The predicted molar refractivity (Wildman–Crippen MR) is 75.0 cm³/mol. The molecule has 3 rings (SSSR count). The van der Waals surface area contributed by atoms with Crippen LogP contribution in [0.3, 0.4) is 0 Å². The van der Waals surface area contributed by atoms with Gasteiger partial charge in [-0.1, -0.05) is 23.2 Å². The van der Waals surface area contributed by atoms with E-state index < -0.39 is 11.5 Å². The zero-order chi connectivity index (χ0) is 14.6. The molecule has 2 heterocycles. The summed E-state index contributed by atoms with van der Waals surface area (Å²) in [5.41, 5.74) is 0.675. The number of aryl methyl sites for hydroxylation is 1. The molecule has 102 valence electrons. The van der Waals surface area contributed by atoms with Gasteiger partial charge in [0.25, 0.3) is 5.56 Å². The number of carboxylic acids is 1. The van der Waals surface area contributed by atoms with Crippen LogP contribution in [0.15, 0.2) is 16.9 Å². The highest BCUT2D eigenvalue weighted by atomic mass is 35.5. The number of carboxylic acid groups (broad SMARTS) is 1. The molecule has 6 nitrogen and oxygen atoms in total. The maximum atomic E-state index is 12.0. The summed E-state index contributed by atoms with van der Waals surface area (Å²) < 4.78 is 1.46. The van der Waals surface area contributed by atoms with Crippen LogP contribution in [0.1, 0.15) is 16.2 Å². The lowest BCUT2D eigenvalue weighted by Gasteiger charge is -2.05. The van der Waals surface area contributed by atoms with Gasteiger partial charge in [0, 0.05) is 0 Å². The van der Waals surface area contributed by atoms with Gasteiger partial charge in [-0.25, -0.2) is 9.78 Å². The number of aromatic amines is 1. The van der Waals surface area contributed by atoms with Crippen molar-refractivity contribution < 1.29 is 9.90 Å². The van der Waals surface area contributed by atoms with E-state index >= 15 is 0 Å². The lowest BCUT2D eigenvalue weighted by Crippen LogP contribution is -2.11. The second-order valence-corrected chi connectivity index (χ2v) is 5.06. The summed E-state index contributed by atoms with van der Waals surface area (Å²) >= 11 is 11.9. The molecule has 0 radical (unpaired) electrons. The van der Waals surface area contributed by atoms with Gasteiger partial charge in [0.1, 0.15) is 0 Å². The Morgan fingerprint density at radius 2 is 2.00 bits per heavy atom. The zero-order valence-electron chi connectivity index (χ0n) is 10.1. The van der Waals surface area contributed by atoms with Gasteiger partial charge in [0.05, 0.1) is 26.8 Å². The number of rotatable bonds is 1. The first-order chi connectivity index (χ1) is 9.40. The third-order valence-corrected chi connectivity index (χ3v) is 3.76. The van der Waals surface area contributed by atoms with E-state index in [1.54, 1.807) is 13.0 Å². The average molecular weight is 312 g/mol. The Hall–Kier alpha value is -2.05. The fourth-order valence-electron chi connectivity index (χ4n) is 2.15. The Balaban J connectivity index is 2.61. The normalized spacial score (nSPS) is 11.3. The molecule has 0 unspecified atom stereocenters. The number of aromatic carboxylic acids is 1. The molecule has 0 aliphatic heterocycles. The smallest absolute Gasteiger partial charge is 0.356 e. The van der Waals surface area contributed by atoms with Gasteiger partial charge >= 0.3 is 5.97 Å². The number of nitrogens with one attached hydrogen (secondary N) is 1. The fourth-order valence-corrected chi connectivity index (χ4v) is 2.47. The first-order valence-electron chi connectivity index (χ1n) is 5.53. The number of benzene rings is 1. The molecule has 0 aliphatic rings. The van der Waals surface area contributed by atoms with E-state index in [2.05, 4.69) is 9.97 Å². The highest BCUT2D eigenvalue weighted by Crippen LogP contribution is 2.27. The lowest BCUT2D eigenvalue weighted by molar-refractivity contribution is 0.0690. The Bertz CT molecular complexity index is 943. The molecule has 0 saturated carbocycles. The lowest BCUT2D eigenvalue weighted by atomic mass is 10.3. The van der Waals surface area contributed by atoms with E-state index in [0.29, 0.717) is 26.8 Å². The number of fused-ring (bicyclic) bond motifs is 3. The number of H-pyrrole nitrogens is 1. The largest absolute Gasteiger partial charge is 0.476 e. The number of imidazole rings is 1. The highest BCUT2D eigenvalue weighted by Gasteiger charge is 2.19. The Kier molecular flexibility index (Phi) is 2.74. The second kappa shape index (κ2) is 4.22. The van der Waals surface area contributed by atoms with Crippen molar-refractivity contribution >= 4 is 45.9 Å². The summed E-state index contributed by atoms with van der Waals surface area (Å²) in [6, 6.07) is 3.07. The molecule has 20 heavy (non-hydrogen) atoms. The first-order valence-corrected chi connectivity index (χ1v) is 6.29. The quantitative estimate of drug-likeness (QED) is 0.722. The van der Waals surface area contributed by atoms with Crippen molar-refractivity contribution in [3.05, 3.63) is 43.9 Å². The van der Waals surface area contributed by atoms with Crippen LogP contribution in [0.4, 0.5) is 0 Å². The van der Waals surface area contributed by atoms with Crippen LogP contribution in [0.2, 0.25) is 10.0 Å². The summed E-state index contributed by atoms with van der Waals surface area (Å²) in [6.07, 6.45) is 0. The minimum atomic E-state index is -1.20. The molecular formula is C12H7Cl2N3O3. The number of hydrogen-bond acceptors (Lipinski definition) is 3. The minimum Gasteiger partial charge on any atom is -0.476 e.